The van der Waals surface area contributed by atoms with Gasteiger partial charge in [-0.05, 0) is 49.6 Å². The number of carbonyl (C=O) groups excluding carboxylic acids is 1. The molecule has 0 spiro atoms. The fourth-order valence-corrected chi connectivity index (χ4v) is 4.26. The van der Waals surface area contributed by atoms with Gasteiger partial charge in [-0.3, -0.25) is 9.10 Å². The molecule has 2 aromatic rings. The van der Waals surface area contributed by atoms with Crippen molar-refractivity contribution in [1.82, 2.24) is 4.90 Å². The number of anilines is 1. The molecule has 0 fully saturated rings. The highest BCUT2D eigenvalue weighted by atomic mass is 32.2. The summed E-state index contributed by atoms with van der Waals surface area (Å²) in [5.41, 5.74) is 4.43. The molecule has 1 heterocycles. The number of nitrogens with zero attached hydrogens (tertiary/aromatic N) is 2. The zero-order chi connectivity index (χ0) is 19.1. The molecule has 1 aliphatic heterocycles. The monoisotopic (exact) mass is 372 g/mol. The molecule has 1 aliphatic rings. The summed E-state index contributed by atoms with van der Waals surface area (Å²) in [6.07, 6.45) is 1.83. The number of carbonyl (C=O) groups is 1. The Balaban J connectivity index is 1.83. The molecule has 0 aliphatic carbocycles. The van der Waals surface area contributed by atoms with Gasteiger partial charge in [0.1, 0.15) is 0 Å². The van der Waals surface area contributed by atoms with E-state index in [-0.39, 0.29) is 11.9 Å². The van der Waals surface area contributed by atoms with Gasteiger partial charge in [-0.25, -0.2) is 8.42 Å². The molecule has 2 aromatic carbocycles. The molecule has 0 radical (unpaired) electrons. The number of sulfonamides is 1. The van der Waals surface area contributed by atoms with Gasteiger partial charge >= 0.3 is 0 Å². The van der Waals surface area contributed by atoms with Crippen molar-refractivity contribution in [1.29, 1.82) is 0 Å². The summed E-state index contributed by atoms with van der Waals surface area (Å²) in [6, 6.07) is 13.4. The van der Waals surface area contributed by atoms with Crippen molar-refractivity contribution in [2.75, 3.05) is 24.2 Å². The lowest BCUT2D eigenvalue weighted by Gasteiger charge is -2.26. The Morgan fingerprint density at radius 3 is 2.42 bits per heavy atom. The summed E-state index contributed by atoms with van der Waals surface area (Å²) >= 11 is 0. The maximum Gasteiger partial charge on any atom is 0.254 e. The van der Waals surface area contributed by atoms with Gasteiger partial charge in [0, 0.05) is 19.2 Å². The zero-order valence-electron chi connectivity index (χ0n) is 15.6. The SMILES string of the molecule is Cc1ccc(C(C)N(C)C(=O)c2ccc3c(c2)CCN3S(C)(=O)=O)cc1. The Kier molecular flexibility index (Phi) is 4.80. The van der Waals surface area contributed by atoms with Gasteiger partial charge < -0.3 is 4.90 Å². The first-order chi connectivity index (χ1) is 12.2. The van der Waals surface area contributed by atoms with Crippen LogP contribution in [-0.2, 0) is 16.4 Å². The van der Waals surface area contributed by atoms with Crippen LogP contribution < -0.4 is 4.31 Å². The van der Waals surface area contributed by atoms with Crippen molar-refractivity contribution in [3.05, 3.63) is 64.7 Å². The van der Waals surface area contributed by atoms with E-state index >= 15 is 0 Å². The molecule has 0 saturated heterocycles. The Hall–Kier alpha value is -2.34. The number of fused-ring (bicyclic) bond motifs is 1. The molecule has 138 valence electrons. The van der Waals surface area contributed by atoms with Crippen LogP contribution in [0.15, 0.2) is 42.5 Å². The summed E-state index contributed by atoms with van der Waals surface area (Å²) < 4.78 is 25.1. The Morgan fingerprint density at radius 2 is 1.81 bits per heavy atom. The van der Waals surface area contributed by atoms with Gasteiger partial charge in [0.15, 0.2) is 0 Å². The summed E-state index contributed by atoms with van der Waals surface area (Å²) in [4.78, 5) is 14.6. The third kappa shape index (κ3) is 3.46. The van der Waals surface area contributed by atoms with Crippen LogP contribution in [0.2, 0.25) is 0 Å². The van der Waals surface area contributed by atoms with Crippen LogP contribution >= 0.6 is 0 Å². The van der Waals surface area contributed by atoms with Crippen molar-refractivity contribution in [2.45, 2.75) is 26.3 Å². The summed E-state index contributed by atoms with van der Waals surface area (Å²) in [5, 5.41) is 0. The van der Waals surface area contributed by atoms with Crippen molar-refractivity contribution < 1.29 is 13.2 Å². The van der Waals surface area contributed by atoms with Crippen LogP contribution in [0.1, 0.15) is 40.0 Å². The number of rotatable bonds is 4. The third-order valence-corrected chi connectivity index (χ3v) is 6.22. The number of benzene rings is 2. The minimum Gasteiger partial charge on any atom is -0.335 e. The number of amides is 1. The van der Waals surface area contributed by atoms with Crippen LogP contribution in [0.25, 0.3) is 0 Å². The third-order valence-electron chi connectivity index (χ3n) is 5.04. The highest BCUT2D eigenvalue weighted by Crippen LogP contribution is 2.31. The topological polar surface area (TPSA) is 57.7 Å². The summed E-state index contributed by atoms with van der Waals surface area (Å²) in [7, 11) is -1.49. The average Bonchev–Trinajstić information content (AvgIpc) is 3.04. The van der Waals surface area contributed by atoms with E-state index in [1.54, 1.807) is 24.1 Å². The molecule has 0 saturated carbocycles. The van der Waals surface area contributed by atoms with E-state index < -0.39 is 10.0 Å². The van der Waals surface area contributed by atoms with Gasteiger partial charge in [-0.15, -0.1) is 0 Å². The maximum absolute atomic E-state index is 12.9. The predicted octanol–water partition coefficient (Wildman–Crippen LogP) is 3.15. The fraction of sp³-hybridized carbons (Fsp3) is 0.350. The van der Waals surface area contributed by atoms with Crippen molar-refractivity contribution in [3.8, 4) is 0 Å². The van der Waals surface area contributed by atoms with E-state index in [0.717, 1.165) is 11.1 Å². The molecule has 5 nitrogen and oxygen atoms in total. The molecule has 0 N–H and O–H groups in total. The van der Waals surface area contributed by atoms with Gasteiger partial charge in [-0.1, -0.05) is 29.8 Å². The number of aryl methyl sites for hydroxylation is 1. The second kappa shape index (κ2) is 6.76. The molecule has 6 heteroatoms. The zero-order valence-corrected chi connectivity index (χ0v) is 16.4. The van der Waals surface area contributed by atoms with E-state index in [1.807, 2.05) is 44.2 Å². The van der Waals surface area contributed by atoms with Gasteiger partial charge in [0.25, 0.3) is 5.91 Å². The van der Waals surface area contributed by atoms with Gasteiger partial charge in [0.2, 0.25) is 10.0 Å². The molecular formula is C20H24N2O3S. The minimum atomic E-state index is -3.28. The van der Waals surface area contributed by atoms with Crippen molar-refractivity contribution in [3.63, 3.8) is 0 Å². The molecule has 1 atom stereocenters. The van der Waals surface area contributed by atoms with Gasteiger partial charge in [0.05, 0.1) is 18.0 Å². The highest BCUT2D eigenvalue weighted by molar-refractivity contribution is 7.92. The van der Waals surface area contributed by atoms with E-state index in [1.165, 1.54) is 16.1 Å². The van der Waals surface area contributed by atoms with Crippen LogP contribution in [0.3, 0.4) is 0 Å². The Bertz CT molecular complexity index is 936. The van der Waals surface area contributed by atoms with E-state index in [0.29, 0.717) is 24.2 Å². The average molecular weight is 372 g/mol. The molecule has 0 bridgehead atoms. The molecule has 0 aromatic heterocycles. The van der Waals surface area contributed by atoms with Crippen LogP contribution in [0.5, 0.6) is 0 Å². The smallest absolute Gasteiger partial charge is 0.254 e. The standard InChI is InChI=1S/C20H24N2O3S/c1-14-5-7-16(8-6-14)15(2)21(3)20(23)18-9-10-19-17(13-18)11-12-22(19)26(4,24)25/h5-10,13,15H,11-12H2,1-4H3. The molecular weight excluding hydrogens is 348 g/mol. The molecule has 26 heavy (non-hydrogen) atoms. The minimum absolute atomic E-state index is 0.0520. The lowest BCUT2D eigenvalue weighted by atomic mass is 10.0. The Morgan fingerprint density at radius 1 is 1.15 bits per heavy atom. The fourth-order valence-electron chi connectivity index (χ4n) is 3.30. The van der Waals surface area contributed by atoms with Crippen molar-refractivity contribution in [2.24, 2.45) is 0 Å². The lowest BCUT2D eigenvalue weighted by Crippen LogP contribution is -2.30. The number of hydrogen-bond donors (Lipinski definition) is 0. The second-order valence-corrected chi connectivity index (χ2v) is 8.84. The first-order valence-corrected chi connectivity index (χ1v) is 10.5. The number of hydrogen-bond acceptors (Lipinski definition) is 3. The first-order valence-electron chi connectivity index (χ1n) is 8.63. The quantitative estimate of drug-likeness (QED) is 0.828. The van der Waals surface area contributed by atoms with E-state index in [2.05, 4.69) is 0 Å². The summed E-state index contributed by atoms with van der Waals surface area (Å²) in [6.45, 7) is 4.47. The molecule has 1 unspecified atom stereocenters. The van der Waals surface area contributed by atoms with Crippen LogP contribution in [-0.4, -0.2) is 39.1 Å². The normalized spacial score (nSPS) is 14.8. The molecule has 1 amide bonds. The predicted molar refractivity (Wildman–Crippen MR) is 104 cm³/mol. The maximum atomic E-state index is 12.9. The second-order valence-electron chi connectivity index (χ2n) is 6.93. The van der Waals surface area contributed by atoms with Crippen LogP contribution in [0.4, 0.5) is 5.69 Å². The molecule has 3 rings (SSSR count). The van der Waals surface area contributed by atoms with Crippen LogP contribution in [0, 0.1) is 6.92 Å². The first kappa shape index (κ1) is 18.5. The van der Waals surface area contributed by atoms with Gasteiger partial charge in [-0.2, -0.15) is 0 Å². The van der Waals surface area contributed by atoms with Crippen molar-refractivity contribution >= 4 is 21.6 Å². The van der Waals surface area contributed by atoms with E-state index in [9.17, 15) is 13.2 Å². The largest absolute Gasteiger partial charge is 0.335 e. The summed E-state index contributed by atoms with van der Waals surface area (Å²) in [5.74, 6) is -0.0707. The lowest BCUT2D eigenvalue weighted by molar-refractivity contribution is 0.0742. The Labute approximate surface area is 155 Å². The highest BCUT2D eigenvalue weighted by Gasteiger charge is 2.27. The van der Waals surface area contributed by atoms with E-state index in [4.69, 9.17) is 0 Å².